The molecule has 1 aliphatic carbocycles. The van der Waals surface area contributed by atoms with E-state index in [-0.39, 0.29) is 1.43 Å². The zero-order chi connectivity index (χ0) is 17.1. The minimum Gasteiger partial charge on any atom is -0.0625 e. The molecule has 0 aliphatic heterocycles. The van der Waals surface area contributed by atoms with Crippen LogP contribution in [0.3, 0.4) is 0 Å². The van der Waals surface area contributed by atoms with Crippen molar-refractivity contribution >= 4 is 12.2 Å². The van der Waals surface area contributed by atoms with Gasteiger partial charge < -0.3 is 0 Å². The van der Waals surface area contributed by atoms with Crippen molar-refractivity contribution in [1.29, 1.82) is 0 Å². The lowest BCUT2D eigenvalue weighted by molar-refractivity contribution is 0.348. The van der Waals surface area contributed by atoms with Crippen LogP contribution in [0.1, 0.15) is 73.3 Å². The summed E-state index contributed by atoms with van der Waals surface area (Å²) in [6, 6.07) is 13.7. The molecule has 0 radical (unpaired) electrons. The highest BCUT2D eigenvalue weighted by Crippen LogP contribution is 2.35. The van der Waals surface area contributed by atoms with Gasteiger partial charge in [0.15, 0.2) is 0 Å². The molecule has 128 valence electrons. The summed E-state index contributed by atoms with van der Waals surface area (Å²) in [7, 11) is 0. The van der Waals surface area contributed by atoms with Crippen molar-refractivity contribution in [3.05, 3.63) is 69.8 Å². The van der Waals surface area contributed by atoms with E-state index in [1.165, 1.54) is 59.1 Å². The third-order valence-corrected chi connectivity index (χ3v) is 5.98. The predicted molar refractivity (Wildman–Crippen MR) is 109 cm³/mol. The molecule has 24 heavy (non-hydrogen) atoms. The molecular formula is C24H32. The maximum atomic E-state index is 2.39. The van der Waals surface area contributed by atoms with Gasteiger partial charge in [0.05, 0.1) is 0 Å². The van der Waals surface area contributed by atoms with Gasteiger partial charge in [0, 0.05) is 1.43 Å². The fourth-order valence-electron chi connectivity index (χ4n) is 3.82. The normalized spacial score (nSPS) is 21.3. The van der Waals surface area contributed by atoms with Gasteiger partial charge in [-0.2, -0.15) is 0 Å². The SMILES string of the molecule is Cc1ccc(C=Cc2ccc(C3CCC(C)CC3)cc2)c(C)c1C.[HH]. The van der Waals surface area contributed by atoms with E-state index in [1.807, 2.05) is 0 Å². The van der Waals surface area contributed by atoms with E-state index >= 15 is 0 Å². The van der Waals surface area contributed by atoms with Gasteiger partial charge in [0.25, 0.3) is 0 Å². The Balaban J connectivity index is 0.00000225. The second-order valence-electron chi connectivity index (χ2n) is 7.68. The first-order valence-electron chi connectivity index (χ1n) is 9.39. The Morgan fingerprint density at radius 1 is 0.792 bits per heavy atom. The molecule has 0 heterocycles. The predicted octanol–water partition coefficient (Wildman–Crippen LogP) is 7.32. The van der Waals surface area contributed by atoms with Crippen LogP contribution >= 0.6 is 0 Å². The monoisotopic (exact) mass is 320 g/mol. The lowest BCUT2D eigenvalue weighted by Gasteiger charge is -2.26. The van der Waals surface area contributed by atoms with Gasteiger partial charge in [-0.3, -0.25) is 0 Å². The summed E-state index contributed by atoms with van der Waals surface area (Å²) in [6.07, 6.45) is 9.98. The van der Waals surface area contributed by atoms with Crippen molar-refractivity contribution in [2.45, 2.75) is 59.3 Å². The molecule has 0 amide bonds. The topological polar surface area (TPSA) is 0 Å². The summed E-state index contributed by atoms with van der Waals surface area (Å²) in [5.74, 6) is 1.70. The second kappa shape index (κ2) is 7.38. The molecule has 0 saturated heterocycles. The minimum atomic E-state index is 0. The molecule has 0 heteroatoms. The highest BCUT2D eigenvalue weighted by Gasteiger charge is 2.19. The van der Waals surface area contributed by atoms with E-state index in [0.29, 0.717) is 0 Å². The molecule has 1 fully saturated rings. The van der Waals surface area contributed by atoms with Gasteiger partial charge in [0.1, 0.15) is 0 Å². The largest absolute Gasteiger partial charge is 0.0625 e. The maximum Gasteiger partial charge on any atom is 0 e. The molecule has 0 unspecified atom stereocenters. The summed E-state index contributed by atoms with van der Waals surface area (Å²) >= 11 is 0. The first-order valence-corrected chi connectivity index (χ1v) is 9.39. The van der Waals surface area contributed by atoms with E-state index in [4.69, 9.17) is 0 Å². The highest BCUT2D eigenvalue weighted by atomic mass is 14.2. The summed E-state index contributed by atoms with van der Waals surface area (Å²) in [5, 5.41) is 0. The van der Waals surface area contributed by atoms with Gasteiger partial charge in [-0.05, 0) is 78.8 Å². The molecular weight excluding hydrogens is 288 g/mol. The number of aryl methyl sites for hydroxylation is 1. The third kappa shape index (κ3) is 3.80. The molecule has 0 spiro atoms. The second-order valence-corrected chi connectivity index (χ2v) is 7.68. The van der Waals surface area contributed by atoms with Gasteiger partial charge in [0.2, 0.25) is 0 Å². The molecule has 0 nitrogen and oxygen atoms in total. The third-order valence-electron chi connectivity index (χ3n) is 5.98. The Hall–Kier alpha value is -1.82. The fraction of sp³-hybridized carbons (Fsp3) is 0.417. The number of hydrogen-bond donors (Lipinski definition) is 0. The molecule has 0 N–H and O–H groups in total. The van der Waals surface area contributed by atoms with Crippen LogP contribution in [0.15, 0.2) is 36.4 Å². The van der Waals surface area contributed by atoms with Crippen molar-refractivity contribution in [1.82, 2.24) is 0 Å². The first-order chi connectivity index (χ1) is 11.5. The average Bonchev–Trinajstić information content (AvgIpc) is 2.60. The first kappa shape index (κ1) is 17.0. The zero-order valence-corrected chi connectivity index (χ0v) is 15.6. The van der Waals surface area contributed by atoms with Gasteiger partial charge in [-0.25, -0.2) is 0 Å². The van der Waals surface area contributed by atoms with Crippen LogP contribution in [-0.4, -0.2) is 0 Å². The summed E-state index contributed by atoms with van der Waals surface area (Å²) in [5.41, 5.74) is 8.31. The van der Waals surface area contributed by atoms with Crippen LogP contribution in [0.5, 0.6) is 0 Å². The zero-order valence-electron chi connectivity index (χ0n) is 15.6. The lowest BCUT2D eigenvalue weighted by atomic mass is 9.79. The van der Waals surface area contributed by atoms with Gasteiger partial charge in [-0.1, -0.05) is 68.3 Å². The average molecular weight is 321 g/mol. The number of hydrogen-bond acceptors (Lipinski definition) is 0. The maximum absolute atomic E-state index is 2.39. The van der Waals surface area contributed by atoms with Crippen LogP contribution in [0.4, 0.5) is 0 Å². The molecule has 1 saturated carbocycles. The van der Waals surface area contributed by atoms with Crippen molar-refractivity contribution in [2.24, 2.45) is 5.92 Å². The lowest BCUT2D eigenvalue weighted by Crippen LogP contribution is -2.10. The molecule has 0 aromatic heterocycles. The van der Waals surface area contributed by atoms with Gasteiger partial charge in [-0.15, -0.1) is 0 Å². The molecule has 0 bridgehead atoms. The smallest absolute Gasteiger partial charge is 0 e. The van der Waals surface area contributed by atoms with Crippen LogP contribution in [0, 0.1) is 26.7 Å². The van der Waals surface area contributed by atoms with Crippen LogP contribution in [0.25, 0.3) is 12.2 Å². The van der Waals surface area contributed by atoms with E-state index in [9.17, 15) is 0 Å². The van der Waals surface area contributed by atoms with Gasteiger partial charge >= 0.3 is 0 Å². The minimum absolute atomic E-state index is 0. The Morgan fingerprint density at radius 3 is 2.12 bits per heavy atom. The quantitative estimate of drug-likeness (QED) is 0.520. The number of benzene rings is 2. The Labute approximate surface area is 149 Å². The van der Waals surface area contributed by atoms with Crippen molar-refractivity contribution in [3.8, 4) is 0 Å². The summed E-state index contributed by atoms with van der Waals surface area (Å²) < 4.78 is 0. The molecule has 3 rings (SSSR count). The Kier molecular flexibility index (Phi) is 5.23. The molecule has 1 aliphatic rings. The van der Waals surface area contributed by atoms with E-state index < -0.39 is 0 Å². The highest BCUT2D eigenvalue weighted by molar-refractivity contribution is 5.72. The Morgan fingerprint density at radius 2 is 1.46 bits per heavy atom. The summed E-state index contributed by atoms with van der Waals surface area (Å²) in [6.45, 7) is 9.00. The van der Waals surface area contributed by atoms with E-state index in [2.05, 4.69) is 76.2 Å². The summed E-state index contributed by atoms with van der Waals surface area (Å²) in [4.78, 5) is 0. The fourth-order valence-corrected chi connectivity index (χ4v) is 3.82. The standard InChI is InChI=1S/C24H30.H2/c1-17-5-11-23(12-6-17)24-15-9-21(10-16-24)8-14-22-13-7-18(2)19(3)20(22)4;/h7-10,13-17,23H,5-6,11-12H2,1-4H3;1H. The van der Waals surface area contributed by atoms with Crippen LogP contribution < -0.4 is 0 Å². The van der Waals surface area contributed by atoms with Crippen molar-refractivity contribution < 1.29 is 1.43 Å². The van der Waals surface area contributed by atoms with Crippen molar-refractivity contribution in [2.75, 3.05) is 0 Å². The van der Waals surface area contributed by atoms with Crippen molar-refractivity contribution in [3.63, 3.8) is 0 Å². The number of rotatable bonds is 3. The molecule has 2 aromatic carbocycles. The van der Waals surface area contributed by atoms with Crippen LogP contribution in [-0.2, 0) is 0 Å². The van der Waals surface area contributed by atoms with E-state index in [0.717, 1.165) is 11.8 Å². The van der Waals surface area contributed by atoms with E-state index in [1.54, 1.807) is 0 Å². The molecule has 2 aromatic rings. The molecule has 0 atom stereocenters. The van der Waals surface area contributed by atoms with Crippen LogP contribution in [0.2, 0.25) is 0 Å². The Bertz CT molecular complexity index is 717.